The molecular weight excluding hydrogens is 252 g/mol. The summed E-state index contributed by atoms with van der Waals surface area (Å²) in [4.78, 5) is 14.3. The van der Waals surface area contributed by atoms with E-state index < -0.39 is 0 Å². The van der Waals surface area contributed by atoms with Crippen LogP contribution in [0.25, 0.3) is 0 Å². The molecule has 2 fully saturated rings. The fourth-order valence-electron chi connectivity index (χ4n) is 3.17. The minimum atomic E-state index is 0.00683. The van der Waals surface area contributed by atoms with Gasteiger partial charge >= 0.3 is 6.03 Å². The Hall–Kier alpha value is -1.28. The molecule has 2 rings (SSSR count). The lowest BCUT2D eigenvalue weighted by atomic mass is 9.96. The zero-order chi connectivity index (χ0) is 14.2. The van der Waals surface area contributed by atoms with Crippen molar-refractivity contribution in [3.63, 3.8) is 0 Å². The summed E-state index contributed by atoms with van der Waals surface area (Å²) in [5.74, 6) is 0. The highest BCUT2D eigenvalue weighted by Crippen LogP contribution is 2.17. The molecule has 0 aromatic heterocycles. The van der Waals surface area contributed by atoms with Crippen LogP contribution in [0.1, 0.15) is 51.4 Å². The molecular formula is C15H26N4O. The third kappa shape index (κ3) is 5.01. The van der Waals surface area contributed by atoms with Crippen LogP contribution >= 0.6 is 0 Å². The Kier molecular flexibility index (Phi) is 6.13. The Morgan fingerprint density at radius 1 is 1.05 bits per heavy atom. The zero-order valence-corrected chi connectivity index (χ0v) is 12.2. The molecule has 0 bridgehead atoms. The molecule has 5 heteroatoms. The number of nitrogens with zero attached hydrogens (tertiary/aromatic N) is 2. The molecule has 0 aromatic carbocycles. The summed E-state index contributed by atoms with van der Waals surface area (Å²) in [5.41, 5.74) is 0. The van der Waals surface area contributed by atoms with Crippen LogP contribution in [0.5, 0.6) is 0 Å². The third-order valence-electron chi connectivity index (χ3n) is 4.40. The van der Waals surface area contributed by atoms with Crippen molar-refractivity contribution in [2.24, 2.45) is 0 Å². The van der Waals surface area contributed by atoms with Gasteiger partial charge in [0.2, 0.25) is 0 Å². The second kappa shape index (κ2) is 8.11. The first-order valence-corrected chi connectivity index (χ1v) is 7.94. The molecule has 2 amide bonds. The largest absolute Gasteiger partial charge is 0.335 e. The Morgan fingerprint density at radius 3 is 2.25 bits per heavy atom. The van der Waals surface area contributed by atoms with E-state index in [2.05, 4.69) is 21.6 Å². The van der Waals surface area contributed by atoms with Gasteiger partial charge in [0, 0.05) is 38.1 Å². The van der Waals surface area contributed by atoms with E-state index in [4.69, 9.17) is 5.26 Å². The lowest BCUT2D eigenvalue weighted by Gasteiger charge is -2.32. The number of rotatable bonds is 4. The van der Waals surface area contributed by atoms with Gasteiger partial charge in [-0.3, -0.25) is 0 Å². The molecule has 1 aliphatic carbocycles. The number of nitrogens with one attached hydrogen (secondary N) is 2. The van der Waals surface area contributed by atoms with Crippen LogP contribution in [-0.4, -0.2) is 42.6 Å². The van der Waals surface area contributed by atoms with E-state index in [0.29, 0.717) is 12.5 Å². The Labute approximate surface area is 121 Å². The van der Waals surface area contributed by atoms with Gasteiger partial charge in [-0.25, -0.2) is 4.79 Å². The second-order valence-corrected chi connectivity index (χ2v) is 5.98. The molecule has 2 aliphatic rings. The lowest BCUT2D eigenvalue weighted by molar-refractivity contribution is 0.192. The lowest BCUT2D eigenvalue weighted by Crippen LogP contribution is -2.50. The maximum atomic E-state index is 12.0. The molecule has 1 heterocycles. The Balaban J connectivity index is 1.62. The molecule has 5 nitrogen and oxygen atoms in total. The first-order valence-electron chi connectivity index (χ1n) is 7.94. The van der Waals surface area contributed by atoms with Crippen LogP contribution in [0.15, 0.2) is 0 Å². The molecule has 0 aromatic rings. The summed E-state index contributed by atoms with van der Waals surface area (Å²) >= 11 is 0. The molecule has 1 aliphatic heterocycles. The van der Waals surface area contributed by atoms with E-state index in [1.165, 1.54) is 19.3 Å². The third-order valence-corrected chi connectivity index (χ3v) is 4.40. The summed E-state index contributed by atoms with van der Waals surface area (Å²) < 4.78 is 0. The van der Waals surface area contributed by atoms with Gasteiger partial charge in [-0.15, -0.1) is 0 Å². The first kappa shape index (κ1) is 15.1. The van der Waals surface area contributed by atoms with Crippen molar-refractivity contribution >= 4 is 6.03 Å². The molecule has 0 atom stereocenters. The molecule has 20 heavy (non-hydrogen) atoms. The van der Waals surface area contributed by atoms with E-state index >= 15 is 0 Å². The fourth-order valence-corrected chi connectivity index (χ4v) is 3.17. The van der Waals surface area contributed by atoms with Crippen molar-refractivity contribution < 1.29 is 4.79 Å². The molecule has 0 unspecified atom stereocenters. The maximum Gasteiger partial charge on any atom is 0.315 e. The number of piperidine rings is 1. The topological polar surface area (TPSA) is 68.2 Å². The predicted molar refractivity (Wildman–Crippen MR) is 78.2 cm³/mol. The zero-order valence-electron chi connectivity index (χ0n) is 12.2. The van der Waals surface area contributed by atoms with Crippen LogP contribution in [0.3, 0.4) is 0 Å². The number of carbonyl (C=O) groups is 1. The van der Waals surface area contributed by atoms with Gasteiger partial charge in [0.1, 0.15) is 0 Å². The van der Waals surface area contributed by atoms with E-state index in [0.717, 1.165) is 45.3 Å². The van der Waals surface area contributed by atoms with Gasteiger partial charge in [0.15, 0.2) is 0 Å². The van der Waals surface area contributed by atoms with Crippen molar-refractivity contribution in [2.45, 2.75) is 63.5 Å². The SMILES string of the molecule is N#CCCN1CCC(NC(=O)NC2CCCCC2)CC1. The van der Waals surface area contributed by atoms with Gasteiger partial charge in [0.05, 0.1) is 6.07 Å². The van der Waals surface area contributed by atoms with Crippen molar-refractivity contribution in [2.75, 3.05) is 19.6 Å². The normalized spacial score (nSPS) is 22.1. The number of hydrogen-bond donors (Lipinski definition) is 2. The van der Waals surface area contributed by atoms with Crippen LogP contribution in [0.2, 0.25) is 0 Å². The summed E-state index contributed by atoms with van der Waals surface area (Å²) in [6.07, 6.45) is 8.61. The van der Waals surface area contributed by atoms with E-state index in [1.807, 2.05) is 0 Å². The Bertz CT molecular complexity index is 338. The van der Waals surface area contributed by atoms with Gasteiger partial charge in [-0.2, -0.15) is 5.26 Å². The minimum Gasteiger partial charge on any atom is -0.335 e. The summed E-state index contributed by atoms with van der Waals surface area (Å²) in [6.45, 7) is 2.82. The first-order chi connectivity index (χ1) is 9.78. The number of amides is 2. The number of urea groups is 1. The smallest absolute Gasteiger partial charge is 0.315 e. The quantitative estimate of drug-likeness (QED) is 0.826. The van der Waals surface area contributed by atoms with Crippen LogP contribution in [0.4, 0.5) is 4.79 Å². The summed E-state index contributed by atoms with van der Waals surface area (Å²) in [5, 5.41) is 14.8. The van der Waals surface area contributed by atoms with Gasteiger partial charge in [-0.1, -0.05) is 19.3 Å². The van der Waals surface area contributed by atoms with Crippen molar-refractivity contribution in [1.29, 1.82) is 5.26 Å². The number of hydrogen-bond acceptors (Lipinski definition) is 3. The second-order valence-electron chi connectivity index (χ2n) is 5.98. The standard InChI is InChI=1S/C15H26N4O/c16-9-4-10-19-11-7-14(8-12-19)18-15(20)17-13-5-2-1-3-6-13/h13-14H,1-8,10-12H2,(H2,17,18,20). The number of likely N-dealkylation sites (tertiary alicyclic amines) is 1. The summed E-state index contributed by atoms with van der Waals surface area (Å²) in [6, 6.07) is 2.85. The van der Waals surface area contributed by atoms with E-state index in [1.54, 1.807) is 0 Å². The summed E-state index contributed by atoms with van der Waals surface area (Å²) in [7, 11) is 0. The van der Waals surface area contributed by atoms with Crippen LogP contribution < -0.4 is 10.6 Å². The van der Waals surface area contributed by atoms with Crippen LogP contribution in [-0.2, 0) is 0 Å². The number of nitriles is 1. The maximum absolute atomic E-state index is 12.0. The molecule has 2 N–H and O–H groups in total. The average molecular weight is 278 g/mol. The molecule has 1 saturated carbocycles. The fraction of sp³-hybridized carbons (Fsp3) is 0.867. The van der Waals surface area contributed by atoms with Gasteiger partial charge < -0.3 is 15.5 Å². The van der Waals surface area contributed by atoms with Crippen molar-refractivity contribution in [1.82, 2.24) is 15.5 Å². The molecule has 112 valence electrons. The Morgan fingerprint density at radius 2 is 1.65 bits per heavy atom. The predicted octanol–water partition coefficient (Wildman–Crippen LogP) is 2.00. The van der Waals surface area contributed by atoms with Gasteiger partial charge in [0.25, 0.3) is 0 Å². The monoisotopic (exact) mass is 278 g/mol. The van der Waals surface area contributed by atoms with Crippen LogP contribution in [0, 0.1) is 11.3 Å². The molecule has 0 radical (unpaired) electrons. The minimum absolute atomic E-state index is 0.00683. The highest BCUT2D eigenvalue weighted by atomic mass is 16.2. The van der Waals surface area contributed by atoms with E-state index in [9.17, 15) is 4.79 Å². The van der Waals surface area contributed by atoms with Crippen molar-refractivity contribution in [3.05, 3.63) is 0 Å². The molecule has 1 saturated heterocycles. The van der Waals surface area contributed by atoms with E-state index in [-0.39, 0.29) is 12.1 Å². The van der Waals surface area contributed by atoms with Gasteiger partial charge in [-0.05, 0) is 25.7 Å². The van der Waals surface area contributed by atoms with Crippen molar-refractivity contribution in [3.8, 4) is 6.07 Å². The highest BCUT2D eigenvalue weighted by molar-refractivity contribution is 5.74. The molecule has 0 spiro atoms. The average Bonchev–Trinajstić information content (AvgIpc) is 2.47. The highest BCUT2D eigenvalue weighted by Gasteiger charge is 2.22. The number of carbonyl (C=O) groups excluding carboxylic acids is 1.